The number of halogens is 1. The Balaban J connectivity index is 1.33. The summed E-state index contributed by atoms with van der Waals surface area (Å²) in [4.78, 5) is 0. The zero-order valence-electron chi connectivity index (χ0n) is 17.0. The first-order valence-electron chi connectivity index (χ1n) is 10.1. The topological polar surface area (TPSA) is 85.1 Å². The quantitative estimate of drug-likeness (QED) is 0.659. The molecular formula is C21H24FN5O2S. The third kappa shape index (κ3) is 3.26. The minimum absolute atomic E-state index is 0.0462. The van der Waals surface area contributed by atoms with Crippen molar-refractivity contribution in [3.63, 3.8) is 0 Å². The minimum Gasteiger partial charge on any atom is -0.507 e. The van der Waals surface area contributed by atoms with Gasteiger partial charge in [-0.15, -0.1) is 5.10 Å². The number of fused-ring (bicyclic) bond motifs is 2. The number of aryl methyl sites for hydroxylation is 1. The van der Waals surface area contributed by atoms with Gasteiger partial charge in [-0.25, -0.2) is 9.07 Å². The van der Waals surface area contributed by atoms with Crippen molar-refractivity contribution in [3.05, 3.63) is 36.2 Å². The summed E-state index contributed by atoms with van der Waals surface area (Å²) in [7, 11) is 0. The summed E-state index contributed by atoms with van der Waals surface area (Å²) < 4.78 is 22.3. The average Bonchev–Trinajstić information content (AvgIpc) is 3.38. The van der Waals surface area contributed by atoms with Crippen LogP contribution in [0.3, 0.4) is 0 Å². The third-order valence-electron chi connectivity index (χ3n) is 6.42. The Labute approximate surface area is 177 Å². The van der Waals surface area contributed by atoms with Crippen LogP contribution in [0.5, 0.6) is 10.9 Å². The van der Waals surface area contributed by atoms with Crippen LogP contribution < -0.4 is 10.1 Å². The van der Waals surface area contributed by atoms with Gasteiger partial charge in [0.05, 0.1) is 16.9 Å². The molecule has 1 aromatic carbocycles. The zero-order valence-corrected chi connectivity index (χ0v) is 17.9. The fourth-order valence-corrected chi connectivity index (χ4v) is 5.40. The molecule has 7 nitrogen and oxygen atoms in total. The zero-order chi connectivity index (χ0) is 21.0. The lowest BCUT2D eigenvalue weighted by molar-refractivity contribution is 0.0973. The maximum atomic E-state index is 14.5. The molecule has 5 unspecified atom stereocenters. The molecule has 0 radical (unpaired) electrons. The van der Waals surface area contributed by atoms with E-state index in [1.807, 2.05) is 32.2 Å². The van der Waals surface area contributed by atoms with Crippen LogP contribution in [0, 0.1) is 12.8 Å². The molecule has 2 fully saturated rings. The second-order valence-electron chi connectivity index (χ2n) is 8.56. The Kier molecular flexibility index (Phi) is 4.55. The average molecular weight is 430 g/mol. The van der Waals surface area contributed by atoms with Crippen LogP contribution in [0.15, 0.2) is 30.5 Å². The highest BCUT2D eigenvalue weighted by Crippen LogP contribution is 2.43. The second-order valence-corrected chi connectivity index (χ2v) is 9.50. The summed E-state index contributed by atoms with van der Waals surface area (Å²) in [5.41, 5.74) is 1.99. The monoisotopic (exact) mass is 429 g/mol. The fourth-order valence-electron chi connectivity index (χ4n) is 4.61. The van der Waals surface area contributed by atoms with E-state index < -0.39 is 6.17 Å². The Morgan fingerprint density at radius 1 is 1.33 bits per heavy atom. The number of rotatable bonds is 4. The van der Waals surface area contributed by atoms with Gasteiger partial charge in [-0.3, -0.25) is 0 Å². The van der Waals surface area contributed by atoms with E-state index in [0.29, 0.717) is 22.2 Å². The van der Waals surface area contributed by atoms with E-state index >= 15 is 0 Å². The molecule has 5 rings (SSSR count). The standard InChI is InChI=1S/C21H24FN5O2S/c1-11-6-7-27(26-11)13-4-5-15(17(28)8-13)19-24-25-20(30-19)29-14-9-16-18(22)12(2)21(3,10-14)23-16/h4-8,12,14,16,18,23,28H,9-10H2,1-3H3. The van der Waals surface area contributed by atoms with Gasteiger partial charge in [-0.1, -0.05) is 23.4 Å². The first-order valence-corrected chi connectivity index (χ1v) is 10.9. The van der Waals surface area contributed by atoms with Crippen LogP contribution in [0.2, 0.25) is 0 Å². The number of nitrogens with zero attached hydrogens (tertiary/aromatic N) is 4. The van der Waals surface area contributed by atoms with E-state index in [1.165, 1.54) is 11.3 Å². The van der Waals surface area contributed by atoms with E-state index in [0.717, 1.165) is 17.8 Å². The van der Waals surface area contributed by atoms with Gasteiger partial charge in [0.1, 0.15) is 18.0 Å². The predicted octanol–water partition coefficient (Wildman–Crippen LogP) is 3.65. The molecule has 2 bridgehead atoms. The number of aromatic nitrogens is 4. The van der Waals surface area contributed by atoms with Crippen LogP contribution in [0.25, 0.3) is 16.3 Å². The number of aromatic hydroxyl groups is 1. The SMILES string of the molecule is Cc1ccn(-c2ccc(-c3nnc(OC4CC5NC(C)(C4)C(C)C5F)s3)c(O)c2)n1. The Morgan fingerprint density at radius 2 is 2.17 bits per heavy atom. The molecule has 0 saturated carbocycles. The Bertz CT molecular complexity index is 1090. The normalized spacial score (nSPS) is 30.5. The molecular weight excluding hydrogens is 405 g/mol. The molecule has 0 spiro atoms. The van der Waals surface area contributed by atoms with Gasteiger partial charge in [-0.2, -0.15) is 5.10 Å². The molecule has 2 aliphatic heterocycles. The fraction of sp³-hybridized carbons (Fsp3) is 0.476. The Morgan fingerprint density at radius 3 is 2.87 bits per heavy atom. The lowest BCUT2D eigenvalue weighted by Crippen LogP contribution is -2.52. The number of nitrogens with one attached hydrogen (secondary N) is 1. The summed E-state index contributed by atoms with van der Waals surface area (Å²) in [5.74, 6) is 0.0555. The van der Waals surface area contributed by atoms with Crippen LogP contribution >= 0.6 is 11.3 Å². The van der Waals surface area contributed by atoms with Crippen molar-refractivity contribution in [2.24, 2.45) is 5.92 Å². The molecule has 0 aliphatic carbocycles. The van der Waals surface area contributed by atoms with E-state index in [2.05, 4.69) is 27.5 Å². The summed E-state index contributed by atoms with van der Waals surface area (Å²) in [6.45, 7) is 5.93. The van der Waals surface area contributed by atoms with Crippen molar-refractivity contribution in [1.29, 1.82) is 0 Å². The maximum absolute atomic E-state index is 14.5. The van der Waals surface area contributed by atoms with Gasteiger partial charge in [0.25, 0.3) is 5.19 Å². The van der Waals surface area contributed by atoms with Gasteiger partial charge < -0.3 is 15.2 Å². The van der Waals surface area contributed by atoms with Crippen molar-refractivity contribution in [3.8, 4) is 27.2 Å². The Hall–Kier alpha value is -2.52. The minimum atomic E-state index is -0.859. The summed E-state index contributed by atoms with van der Waals surface area (Å²) >= 11 is 1.28. The summed E-state index contributed by atoms with van der Waals surface area (Å²) in [6.07, 6.45) is 2.21. The van der Waals surface area contributed by atoms with Gasteiger partial charge >= 0.3 is 0 Å². The number of hydrogen-bond acceptors (Lipinski definition) is 7. The largest absolute Gasteiger partial charge is 0.507 e. The maximum Gasteiger partial charge on any atom is 0.294 e. The molecule has 9 heteroatoms. The molecule has 2 aliphatic rings. The van der Waals surface area contributed by atoms with Crippen molar-refractivity contribution in [1.82, 2.24) is 25.3 Å². The van der Waals surface area contributed by atoms with Crippen molar-refractivity contribution in [2.75, 3.05) is 0 Å². The number of benzene rings is 1. The third-order valence-corrected chi connectivity index (χ3v) is 7.27. The number of piperidine rings is 1. The molecule has 4 heterocycles. The van der Waals surface area contributed by atoms with Crippen LogP contribution in [0.4, 0.5) is 4.39 Å². The first-order chi connectivity index (χ1) is 14.3. The van der Waals surface area contributed by atoms with Gasteiger partial charge in [-0.05, 0) is 32.0 Å². The van der Waals surface area contributed by atoms with E-state index in [-0.39, 0.29) is 29.4 Å². The summed E-state index contributed by atoms with van der Waals surface area (Å²) in [6, 6.07) is 7.04. The highest BCUT2D eigenvalue weighted by atomic mass is 32.1. The number of hydrogen-bond donors (Lipinski definition) is 2. The van der Waals surface area contributed by atoms with Gasteiger partial charge in [0.2, 0.25) is 0 Å². The molecule has 2 N–H and O–H groups in total. The second kappa shape index (κ2) is 7.02. The smallest absolute Gasteiger partial charge is 0.294 e. The molecule has 5 atom stereocenters. The molecule has 30 heavy (non-hydrogen) atoms. The van der Waals surface area contributed by atoms with Crippen molar-refractivity contribution < 1.29 is 14.2 Å². The number of alkyl halides is 1. The first kappa shape index (κ1) is 19.4. The van der Waals surface area contributed by atoms with Crippen molar-refractivity contribution >= 4 is 11.3 Å². The summed E-state index contributed by atoms with van der Waals surface area (Å²) in [5, 5.41) is 27.6. The lowest BCUT2D eigenvalue weighted by atomic mass is 9.84. The molecule has 158 valence electrons. The molecule has 2 saturated heterocycles. The van der Waals surface area contributed by atoms with Crippen LogP contribution in [0.1, 0.15) is 32.4 Å². The van der Waals surface area contributed by atoms with Crippen molar-refractivity contribution in [2.45, 2.75) is 57.5 Å². The predicted molar refractivity (Wildman–Crippen MR) is 112 cm³/mol. The van der Waals surface area contributed by atoms with E-state index in [4.69, 9.17) is 4.74 Å². The van der Waals surface area contributed by atoms with E-state index in [9.17, 15) is 9.50 Å². The highest BCUT2D eigenvalue weighted by Gasteiger charge is 2.54. The van der Waals surface area contributed by atoms with Crippen LogP contribution in [-0.4, -0.2) is 48.9 Å². The van der Waals surface area contributed by atoms with Gasteiger partial charge in [0, 0.05) is 42.6 Å². The lowest BCUT2D eigenvalue weighted by Gasteiger charge is -2.37. The highest BCUT2D eigenvalue weighted by molar-refractivity contribution is 7.16. The van der Waals surface area contributed by atoms with E-state index in [1.54, 1.807) is 16.8 Å². The molecule has 0 amide bonds. The number of phenols is 1. The van der Waals surface area contributed by atoms with Gasteiger partial charge in [0.15, 0.2) is 5.01 Å². The molecule has 2 aromatic heterocycles. The molecule has 3 aromatic rings. The number of phenolic OH excluding ortho intramolecular Hbond substituents is 1. The van der Waals surface area contributed by atoms with Crippen LogP contribution in [-0.2, 0) is 0 Å². The number of ether oxygens (including phenoxy) is 1.